The first kappa shape index (κ1) is 23.3. The number of amides is 2. The number of carbonyl (C=O) groups is 2. The van der Waals surface area contributed by atoms with E-state index in [-0.39, 0.29) is 56.2 Å². The van der Waals surface area contributed by atoms with E-state index < -0.39 is 6.10 Å². The fraction of sp³-hybridized carbons (Fsp3) is 0.619. The van der Waals surface area contributed by atoms with Crippen molar-refractivity contribution in [2.45, 2.75) is 57.0 Å². The lowest BCUT2D eigenvalue weighted by Crippen LogP contribution is -2.57. The number of hydrogen-bond donors (Lipinski definition) is 2. The molecule has 1 aromatic rings. The third-order valence-corrected chi connectivity index (χ3v) is 5.77. The van der Waals surface area contributed by atoms with Gasteiger partial charge in [-0.05, 0) is 37.5 Å². The molecule has 2 N–H and O–H groups in total. The molecule has 2 aliphatic rings. The molecule has 1 aromatic carbocycles. The molecule has 0 saturated carbocycles. The molecule has 3 rings (SSSR count). The maximum absolute atomic E-state index is 13.3. The number of ether oxygens (including phenoxy) is 2. The number of hydrogen-bond acceptors (Lipinski definition) is 5. The summed E-state index contributed by atoms with van der Waals surface area (Å²) in [7, 11) is 0. The van der Waals surface area contributed by atoms with E-state index in [4.69, 9.17) is 32.7 Å². The Kier molecular flexibility index (Phi) is 8.36. The van der Waals surface area contributed by atoms with Gasteiger partial charge in [-0.15, -0.1) is 0 Å². The smallest absolute Gasteiger partial charge is 0.254 e. The molecular weight excluding hydrogens is 431 g/mol. The molecule has 9 heteroatoms. The van der Waals surface area contributed by atoms with Gasteiger partial charge >= 0.3 is 0 Å². The van der Waals surface area contributed by atoms with E-state index in [2.05, 4.69) is 5.32 Å². The van der Waals surface area contributed by atoms with Crippen LogP contribution in [0.15, 0.2) is 18.2 Å². The topological polar surface area (TPSA) is 88.1 Å². The quantitative estimate of drug-likeness (QED) is 0.707. The van der Waals surface area contributed by atoms with Crippen molar-refractivity contribution in [1.82, 2.24) is 10.2 Å². The lowest BCUT2D eigenvalue weighted by Gasteiger charge is -2.44. The molecule has 0 spiro atoms. The molecule has 0 aromatic heterocycles. The van der Waals surface area contributed by atoms with Crippen molar-refractivity contribution in [3.8, 4) is 0 Å². The van der Waals surface area contributed by atoms with Crippen LogP contribution in [-0.2, 0) is 14.3 Å². The molecule has 0 unspecified atom stereocenters. The van der Waals surface area contributed by atoms with Gasteiger partial charge in [0.25, 0.3) is 5.91 Å². The largest absolute Gasteiger partial charge is 0.389 e. The summed E-state index contributed by atoms with van der Waals surface area (Å²) in [5, 5.41) is 13.9. The highest BCUT2D eigenvalue weighted by Crippen LogP contribution is 2.29. The van der Waals surface area contributed by atoms with E-state index in [9.17, 15) is 14.7 Å². The molecule has 2 heterocycles. The fourth-order valence-electron chi connectivity index (χ4n) is 3.96. The summed E-state index contributed by atoms with van der Waals surface area (Å²) in [6, 6.07) is 4.42. The van der Waals surface area contributed by atoms with Crippen molar-refractivity contribution in [3.05, 3.63) is 33.8 Å². The van der Waals surface area contributed by atoms with Gasteiger partial charge in [-0.25, -0.2) is 0 Å². The minimum Gasteiger partial charge on any atom is -0.389 e. The van der Waals surface area contributed by atoms with Crippen molar-refractivity contribution in [2.24, 2.45) is 0 Å². The molecule has 2 saturated heterocycles. The van der Waals surface area contributed by atoms with Crippen molar-refractivity contribution < 1.29 is 24.2 Å². The van der Waals surface area contributed by atoms with Crippen molar-refractivity contribution in [1.29, 1.82) is 0 Å². The van der Waals surface area contributed by atoms with Gasteiger partial charge in [0.1, 0.15) is 6.10 Å². The Morgan fingerprint density at radius 3 is 2.63 bits per heavy atom. The highest BCUT2D eigenvalue weighted by Gasteiger charge is 2.40. The van der Waals surface area contributed by atoms with E-state index in [1.54, 1.807) is 23.1 Å². The predicted octanol–water partition coefficient (Wildman–Crippen LogP) is 2.66. The fourth-order valence-corrected chi connectivity index (χ4v) is 4.49. The zero-order chi connectivity index (χ0) is 21.7. The second kappa shape index (κ2) is 10.8. The lowest BCUT2D eigenvalue weighted by atomic mass is 9.94. The van der Waals surface area contributed by atoms with Crippen molar-refractivity contribution >= 4 is 35.0 Å². The van der Waals surface area contributed by atoms with Gasteiger partial charge in [-0.2, -0.15) is 0 Å². The molecule has 0 radical (unpaired) electrons. The van der Waals surface area contributed by atoms with Crippen LogP contribution in [0.1, 0.15) is 43.0 Å². The van der Waals surface area contributed by atoms with Gasteiger partial charge in [-0.3, -0.25) is 9.59 Å². The number of benzene rings is 1. The van der Waals surface area contributed by atoms with Crippen LogP contribution in [0.3, 0.4) is 0 Å². The van der Waals surface area contributed by atoms with Gasteiger partial charge in [0, 0.05) is 28.7 Å². The Hall–Kier alpha value is -1.38. The average molecular weight is 459 g/mol. The van der Waals surface area contributed by atoms with Crippen LogP contribution in [0.25, 0.3) is 0 Å². The normalized spacial score (nSPS) is 27.0. The molecule has 7 nitrogen and oxygen atoms in total. The first-order valence-electron chi connectivity index (χ1n) is 10.3. The molecule has 0 bridgehead atoms. The SMILES string of the molecule is CCCNC(=O)C[C@@H]1CC[C@@H]2[C@H](COC[C@H](O)CN2C(=O)c2cc(Cl)cc(Cl)c2)O1. The maximum Gasteiger partial charge on any atom is 0.254 e. The molecular formula is C21H28Cl2N2O5. The van der Waals surface area contributed by atoms with Gasteiger partial charge in [0.05, 0.1) is 37.9 Å². The summed E-state index contributed by atoms with van der Waals surface area (Å²) in [6.07, 6.45) is 1.03. The third-order valence-electron chi connectivity index (χ3n) is 5.34. The molecule has 166 valence electrons. The zero-order valence-corrected chi connectivity index (χ0v) is 18.5. The molecule has 2 amide bonds. The van der Waals surface area contributed by atoms with Crippen LogP contribution in [0.4, 0.5) is 0 Å². The summed E-state index contributed by atoms with van der Waals surface area (Å²) in [6.45, 7) is 3.11. The number of fused-ring (bicyclic) bond motifs is 1. The summed E-state index contributed by atoms with van der Waals surface area (Å²) in [5.74, 6) is -0.304. The molecule has 2 fully saturated rings. The van der Waals surface area contributed by atoms with Crippen LogP contribution >= 0.6 is 23.2 Å². The average Bonchev–Trinajstić information content (AvgIpc) is 2.68. The first-order valence-corrected chi connectivity index (χ1v) is 11.1. The minimum atomic E-state index is -0.804. The molecule has 2 aliphatic heterocycles. The zero-order valence-electron chi connectivity index (χ0n) is 17.0. The van der Waals surface area contributed by atoms with E-state index in [0.29, 0.717) is 35.0 Å². The second-order valence-corrected chi connectivity index (χ2v) is 8.68. The number of aliphatic hydroxyl groups excluding tert-OH is 1. The van der Waals surface area contributed by atoms with Gasteiger partial charge in [0.2, 0.25) is 5.91 Å². The first-order chi connectivity index (χ1) is 14.4. The standard InChI is InChI=1S/C21H28Cl2N2O5/c1-2-5-24-20(27)9-17-3-4-18-19(30-17)12-29-11-16(26)10-25(18)21(28)13-6-14(22)8-15(23)7-13/h6-8,16-19,26H,2-5,9-12H2,1H3,(H,24,27)/t16-,17+,18-,19+/m1/s1. The predicted molar refractivity (Wildman–Crippen MR) is 114 cm³/mol. The van der Waals surface area contributed by atoms with Gasteiger partial charge in [-0.1, -0.05) is 30.1 Å². The Morgan fingerprint density at radius 1 is 1.20 bits per heavy atom. The molecule has 0 aliphatic carbocycles. The number of halogens is 2. The van der Waals surface area contributed by atoms with Crippen LogP contribution in [0.5, 0.6) is 0 Å². The Labute approximate surface area is 186 Å². The van der Waals surface area contributed by atoms with Gasteiger partial charge < -0.3 is 24.8 Å². The minimum absolute atomic E-state index is 0.0380. The number of carbonyl (C=O) groups excluding carboxylic acids is 2. The van der Waals surface area contributed by atoms with E-state index in [1.165, 1.54) is 0 Å². The van der Waals surface area contributed by atoms with E-state index in [1.807, 2.05) is 6.92 Å². The molecule has 4 atom stereocenters. The number of rotatable bonds is 5. The highest BCUT2D eigenvalue weighted by molar-refractivity contribution is 6.35. The third kappa shape index (κ3) is 6.08. The van der Waals surface area contributed by atoms with Crippen LogP contribution in [-0.4, -0.2) is 72.5 Å². The number of nitrogens with zero attached hydrogens (tertiary/aromatic N) is 1. The lowest BCUT2D eigenvalue weighted by molar-refractivity contribution is -0.150. The van der Waals surface area contributed by atoms with Crippen LogP contribution < -0.4 is 5.32 Å². The molecule has 30 heavy (non-hydrogen) atoms. The van der Waals surface area contributed by atoms with Crippen molar-refractivity contribution in [3.63, 3.8) is 0 Å². The summed E-state index contributed by atoms with van der Waals surface area (Å²) in [5.41, 5.74) is 0.362. The van der Waals surface area contributed by atoms with Crippen molar-refractivity contribution in [2.75, 3.05) is 26.3 Å². The Balaban J connectivity index is 1.75. The summed E-state index contributed by atoms with van der Waals surface area (Å²) in [4.78, 5) is 27.0. The number of aliphatic hydroxyl groups is 1. The van der Waals surface area contributed by atoms with E-state index >= 15 is 0 Å². The summed E-state index contributed by atoms with van der Waals surface area (Å²) >= 11 is 12.1. The second-order valence-electron chi connectivity index (χ2n) is 7.80. The highest BCUT2D eigenvalue weighted by atomic mass is 35.5. The monoisotopic (exact) mass is 458 g/mol. The maximum atomic E-state index is 13.3. The van der Waals surface area contributed by atoms with E-state index in [0.717, 1.165) is 6.42 Å². The number of nitrogens with one attached hydrogen (secondary N) is 1. The Bertz CT molecular complexity index is 743. The summed E-state index contributed by atoms with van der Waals surface area (Å²) < 4.78 is 11.8. The van der Waals surface area contributed by atoms with Gasteiger partial charge in [0.15, 0.2) is 0 Å². The Morgan fingerprint density at radius 2 is 1.93 bits per heavy atom. The number of β-amino-alcohol motifs (C(OH)–C–C–N with tert-alkyl or cyclic N) is 1. The van der Waals surface area contributed by atoms with Crippen LogP contribution in [0.2, 0.25) is 10.0 Å². The van der Waals surface area contributed by atoms with Crippen LogP contribution in [0, 0.1) is 0 Å².